The Hall–Kier alpha value is -7.10. The van der Waals surface area contributed by atoms with Gasteiger partial charge in [-0.05, 0) is 78.9 Å². The van der Waals surface area contributed by atoms with Gasteiger partial charge < -0.3 is 20.1 Å². The number of carbonyl (C=O) groups excluding carboxylic acids is 4. The van der Waals surface area contributed by atoms with Crippen molar-refractivity contribution in [2.24, 2.45) is 0 Å². The molecule has 256 valence electrons. The Labute approximate surface area is 290 Å². The Balaban J connectivity index is 1.11. The third kappa shape index (κ3) is 7.97. The molecule has 0 aliphatic rings. The van der Waals surface area contributed by atoms with E-state index in [2.05, 4.69) is 41.0 Å². The van der Waals surface area contributed by atoms with E-state index in [0.29, 0.717) is 30.9 Å². The molecule has 4 aromatic heterocycles. The predicted molar refractivity (Wildman–Crippen MR) is 182 cm³/mol. The van der Waals surface area contributed by atoms with Gasteiger partial charge in [0.05, 0.1) is 36.7 Å². The molecule has 0 unspecified atom stereocenters. The molecule has 0 aliphatic carbocycles. The number of esters is 2. The smallest absolute Gasteiger partial charge is 0.339 e. The Morgan fingerprint density at radius 3 is 1.65 bits per heavy atom. The van der Waals surface area contributed by atoms with Crippen molar-refractivity contribution in [2.75, 3.05) is 24.9 Å². The molecule has 6 rings (SSSR count). The third-order valence-corrected chi connectivity index (χ3v) is 7.71. The molecule has 4 heterocycles. The largest absolute Gasteiger partial charge is 0.465 e. The van der Waals surface area contributed by atoms with Gasteiger partial charge in [0.15, 0.2) is 23.0 Å². The number of benzene rings is 2. The summed E-state index contributed by atoms with van der Waals surface area (Å²) in [6.45, 7) is 0. The number of carbonyl (C=O) groups is 4. The first-order chi connectivity index (χ1) is 24.8. The fourth-order valence-corrected chi connectivity index (χ4v) is 5.10. The van der Waals surface area contributed by atoms with Crippen LogP contribution in [0.25, 0.3) is 11.6 Å². The summed E-state index contributed by atoms with van der Waals surface area (Å²) in [5, 5.41) is 21.6. The fourth-order valence-electron chi connectivity index (χ4n) is 5.10. The molecular formula is C35H30N10O6. The van der Waals surface area contributed by atoms with E-state index in [4.69, 9.17) is 9.47 Å². The Kier molecular flexibility index (Phi) is 10.2. The molecule has 0 fully saturated rings. The van der Waals surface area contributed by atoms with Crippen molar-refractivity contribution in [1.29, 1.82) is 0 Å². The molecule has 6 aromatic rings. The first-order valence-electron chi connectivity index (χ1n) is 15.5. The molecule has 16 nitrogen and oxygen atoms in total. The van der Waals surface area contributed by atoms with Gasteiger partial charge >= 0.3 is 11.9 Å². The topological polar surface area (TPSA) is 198 Å². The maximum Gasteiger partial charge on any atom is 0.339 e. The second-order valence-corrected chi connectivity index (χ2v) is 11.0. The maximum atomic E-state index is 13.1. The van der Waals surface area contributed by atoms with Crippen molar-refractivity contribution in [2.45, 2.75) is 19.3 Å². The van der Waals surface area contributed by atoms with Crippen molar-refractivity contribution in [3.05, 3.63) is 132 Å². The zero-order valence-corrected chi connectivity index (χ0v) is 27.4. The van der Waals surface area contributed by atoms with Gasteiger partial charge in [-0.2, -0.15) is 0 Å². The summed E-state index contributed by atoms with van der Waals surface area (Å²) >= 11 is 0. The van der Waals surface area contributed by atoms with Crippen LogP contribution >= 0.6 is 0 Å². The molecule has 0 atom stereocenters. The molecule has 16 heteroatoms. The lowest BCUT2D eigenvalue weighted by Crippen LogP contribution is -2.18. The number of anilines is 2. The van der Waals surface area contributed by atoms with Gasteiger partial charge in [0.25, 0.3) is 11.8 Å². The summed E-state index contributed by atoms with van der Waals surface area (Å²) in [5.74, 6) is -1.35. The fraction of sp³-hybridized carbons (Fsp3) is 0.143. The van der Waals surface area contributed by atoms with Crippen LogP contribution in [0.2, 0.25) is 0 Å². The summed E-state index contributed by atoms with van der Waals surface area (Å²) in [4.78, 5) is 59.2. The molecule has 0 spiro atoms. The lowest BCUT2D eigenvalue weighted by atomic mass is 10.00. The maximum absolute atomic E-state index is 13.1. The highest BCUT2D eigenvalue weighted by Crippen LogP contribution is 2.24. The van der Waals surface area contributed by atoms with Crippen LogP contribution < -0.4 is 10.6 Å². The van der Waals surface area contributed by atoms with Crippen LogP contribution in [0.4, 0.5) is 11.4 Å². The van der Waals surface area contributed by atoms with E-state index in [-0.39, 0.29) is 33.9 Å². The summed E-state index contributed by atoms with van der Waals surface area (Å²) in [5.41, 5.74) is 2.67. The molecule has 2 aromatic carbocycles. The van der Waals surface area contributed by atoms with Gasteiger partial charge in [0, 0.05) is 24.8 Å². The minimum atomic E-state index is -0.617. The number of nitrogens with zero attached hydrogens (tertiary/aromatic N) is 8. The van der Waals surface area contributed by atoms with E-state index >= 15 is 0 Å². The highest BCUT2D eigenvalue weighted by Gasteiger charge is 2.19. The highest BCUT2D eigenvalue weighted by atomic mass is 16.5. The van der Waals surface area contributed by atoms with Crippen LogP contribution in [0, 0.1) is 0 Å². The second kappa shape index (κ2) is 15.4. The standard InChI is InChI=1S/C35H30N10O6/c1-50-34(48)24-8-6-23(19-29(24)39-33(47)28-11-13-31(43-41-28)45-17-15-37-21-45)5-3-4-22-7-9-26(25(18-22)35(49)51-2)38-32(46)27-10-12-30(42-40-27)44-16-14-36-20-44/h6-21H,3-5H2,1-2H3,(H,38,46)(H,39,47). The average molecular weight is 687 g/mol. The van der Waals surface area contributed by atoms with Crippen molar-refractivity contribution in [3.63, 3.8) is 0 Å². The average Bonchev–Trinajstić information content (AvgIpc) is 3.91. The van der Waals surface area contributed by atoms with Crippen molar-refractivity contribution >= 4 is 35.1 Å². The number of imidazole rings is 2. The summed E-state index contributed by atoms with van der Waals surface area (Å²) < 4.78 is 13.2. The van der Waals surface area contributed by atoms with Crippen molar-refractivity contribution in [1.82, 2.24) is 39.5 Å². The van der Waals surface area contributed by atoms with E-state index in [1.165, 1.54) is 26.4 Å². The number of aromatic nitrogens is 8. The zero-order chi connectivity index (χ0) is 35.7. The third-order valence-electron chi connectivity index (χ3n) is 7.71. The van der Waals surface area contributed by atoms with Crippen LogP contribution in [0.3, 0.4) is 0 Å². The van der Waals surface area contributed by atoms with Gasteiger partial charge in [-0.15, -0.1) is 20.4 Å². The molecule has 2 N–H and O–H groups in total. The van der Waals surface area contributed by atoms with Crippen molar-refractivity contribution in [3.8, 4) is 11.6 Å². The number of hydrogen-bond acceptors (Lipinski definition) is 12. The monoisotopic (exact) mass is 686 g/mol. The SMILES string of the molecule is COC(=O)c1ccc(CCCc2ccc(NC(=O)c3ccc(-n4ccnc4)nn3)c(C(=O)OC)c2)cc1NC(=O)c1ccc(-n2ccnc2)nn1. The number of ether oxygens (including phenoxy) is 2. The molecule has 2 amide bonds. The van der Waals surface area contributed by atoms with Gasteiger partial charge in [-0.1, -0.05) is 12.1 Å². The minimum absolute atomic E-state index is 0.0533. The van der Waals surface area contributed by atoms with Crippen LogP contribution in [-0.4, -0.2) is 77.5 Å². The Morgan fingerprint density at radius 1 is 0.608 bits per heavy atom. The number of aryl methyl sites for hydroxylation is 2. The number of nitrogens with one attached hydrogen (secondary N) is 2. The number of rotatable bonds is 12. The van der Waals surface area contributed by atoms with Crippen LogP contribution in [-0.2, 0) is 22.3 Å². The van der Waals surface area contributed by atoms with E-state index in [1.807, 2.05) is 0 Å². The number of amides is 2. The molecule has 0 bridgehead atoms. The quantitative estimate of drug-likeness (QED) is 0.176. The van der Waals surface area contributed by atoms with Crippen LogP contribution in [0.15, 0.2) is 98.1 Å². The van der Waals surface area contributed by atoms with E-state index < -0.39 is 23.8 Å². The van der Waals surface area contributed by atoms with E-state index in [0.717, 1.165) is 11.1 Å². The molecule has 0 aliphatic heterocycles. The molecular weight excluding hydrogens is 656 g/mol. The Morgan fingerprint density at radius 2 is 1.14 bits per heavy atom. The highest BCUT2D eigenvalue weighted by molar-refractivity contribution is 6.08. The predicted octanol–water partition coefficient (Wildman–Crippen LogP) is 3.89. The summed E-state index contributed by atoms with van der Waals surface area (Å²) in [7, 11) is 2.52. The number of methoxy groups -OCH3 is 2. The van der Waals surface area contributed by atoms with Gasteiger partial charge in [0.1, 0.15) is 12.7 Å². The second-order valence-electron chi connectivity index (χ2n) is 11.0. The zero-order valence-electron chi connectivity index (χ0n) is 27.4. The normalized spacial score (nSPS) is 10.7. The lowest BCUT2D eigenvalue weighted by Gasteiger charge is -2.13. The van der Waals surface area contributed by atoms with E-state index in [1.54, 1.807) is 95.1 Å². The van der Waals surface area contributed by atoms with Crippen molar-refractivity contribution < 1.29 is 28.7 Å². The Bertz CT molecular complexity index is 2170. The first kappa shape index (κ1) is 33.8. The lowest BCUT2D eigenvalue weighted by molar-refractivity contribution is 0.0592. The van der Waals surface area contributed by atoms with Crippen LogP contribution in [0.5, 0.6) is 0 Å². The van der Waals surface area contributed by atoms with Gasteiger partial charge in [-0.3, -0.25) is 18.7 Å². The molecule has 0 radical (unpaired) electrons. The molecule has 0 saturated carbocycles. The van der Waals surface area contributed by atoms with Crippen LogP contribution in [0.1, 0.15) is 59.2 Å². The molecule has 51 heavy (non-hydrogen) atoms. The van der Waals surface area contributed by atoms with E-state index in [9.17, 15) is 19.2 Å². The minimum Gasteiger partial charge on any atom is -0.465 e. The summed E-state index contributed by atoms with van der Waals surface area (Å²) in [6, 6.07) is 16.5. The number of hydrogen-bond donors (Lipinski definition) is 2. The summed E-state index contributed by atoms with van der Waals surface area (Å²) in [6.07, 6.45) is 11.5. The van der Waals surface area contributed by atoms with Gasteiger partial charge in [-0.25, -0.2) is 19.6 Å². The van der Waals surface area contributed by atoms with Gasteiger partial charge in [0.2, 0.25) is 0 Å². The molecule has 0 saturated heterocycles. The first-order valence-corrected chi connectivity index (χ1v) is 15.5.